The van der Waals surface area contributed by atoms with Crippen molar-refractivity contribution in [3.63, 3.8) is 0 Å². The number of aromatic carboxylic acids is 1. The van der Waals surface area contributed by atoms with Gasteiger partial charge in [-0.15, -0.1) is 11.8 Å². The van der Waals surface area contributed by atoms with Gasteiger partial charge in [0.05, 0.1) is 21.4 Å². The highest BCUT2D eigenvalue weighted by atomic mass is 32.2. The maximum absolute atomic E-state index is 12.6. The van der Waals surface area contributed by atoms with E-state index in [0.717, 1.165) is 16.7 Å². The Morgan fingerprint density at radius 2 is 1.81 bits per heavy atom. The lowest BCUT2D eigenvalue weighted by Gasteiger charge is -2.15. The Morgan fingerprint density at radius 1 is 1.15 bits per heavy atom. The molecule has 1 atom stereocenters. The van der Waals surface area contributed by atoms with Gasteiger partial charge < -0.3 is 5.11 Å². The SMILES string of the molecule is O=C(O)c1ccccc1S[C@@H]1CC(=O)N(c2ccc([N+](=O)[O-])cc2)C1=O. The molecule has 1 N–H and O–H groups in total. The molecule has 1 aliphatic rings. The lowest BCUT2D eigenvalue weighted by molar-refractivity contribution is -0.384. The maximum atomic E-state index is 12.6. The molecule has 132 valence electrons. The molecule has 0 bridgehead atoms. The Balaban J connectivity index is 1.83. The van der Waals surface area contributed by atoms with Crippen LogP contribution in [0.25, 0.3) is 0 Å². The summed E-state index contributed by atoms with van der Waals surface area (Å²) in [5.74, 6) is -2.03. The highest BCUT2D eigenvalue weighted by molar-refractivity contribution is 8.00. The Bertz CT molecular complexity index is 912. The van der Waals surface area contributed by atoms with Crippen molar-refractivity contribution in [1.82, 2.24) is 0 Å². The quantitative estimate of drug-likeness (QED) is 0.487. The van der Waals surface area contributed by atoms with Crippen molar-refractivity contribution in [2.24, 2.45) is 0 Å². The van der Waals surface area contributed by atoms with Crippen molar-refractivity contribution in [2.75, 3.05) is 4.90 Å². The number of rotatable bonds is 5. The number of carboxylic acid groups (broad SMARTS) is 1. The molecule has 1 aliphatic heterocycles. The summed E-state index contributed by atoms with van der Waals surface area (Å²) in [5, 5.41) is 19.2. The normalized spacial score (nSPS) is 16.8. The van der Waals surface area contributed by atoms with Crippen LogP contribution < -0.4 is 4.90 Å². The number of carbonyl (C=O) groups excluding carboxylic acids is 2. The molecule has 26 heavy (non-hydrogen) atoms. The van der Waals surface area contributed by atoms with Crippen LogP contribution in [0.15, 0.2) is 53.4 Å². The molecule has 0 saturated carbocycles. The zero-order valence-electron chi connectivity index (χ0n) is 13.2. The molecule has 0 spiro atoms. The van der Waals surface area contributed by atoms with E-state index in [-0.39, 0.29) is 23.4 Å². The maximum Gasteiger partial charge on any atom is 0.336 e. The fraction of sp³-hybridized carbons (Fsp3) is 0.118. The monoisotopic (exact) mass is 372 g/mol. The van der Waals surface area contributed by atoms with Crippen molar-refractivity contribution < 1.29 is 24.4 Å². The van der Waals surface area contributed by atoms with E-state index in [2.05, 4.69) is 0 Å². The molecular weight excluding hydrogens is 360 g/mol. The van der Waals surface area contributed by atoms with Crippen molar-refractivity contribution in [3.8, 4) is 0 Å². The van der Waals surface area contributed by atoms with Gasteiger partial charge in [0.15, 0.2) is 0 Å². The van der Waals surface area contributed by atoms with Crippen molar-refractivity contribution in [1.29, 1.82) is 0 Å². The Labute approximate surface area is 151 Å². The van der Waals surface area contributed by atoms with Crippen LogP contribution >= 0.6 is 11.8 Å². The molecule has 0 radical (unpaired) electrons. The molecule has 3 rings (SSSR count). The minimum absolute atomic E-state index is 0.0616. The summed E-state index contributed by atoms with van der Waals surface area (Å²) < 4.78 is 0. The van der Waals surface area contributed by atoms with E-state index >= 15 is 0 Å². The Kier molecular flexibility index (Phi) is 4.72. The van der Waals surface area contributed by atoms with Crippen LogP contribution in [-0.4, -0.2) is 33.1 Å². The van der Waals surface area contributed by atoms with Gasteiger partial charge in [-0.2, -0.15) is 0 Å². The van der Waals surface area contributed by atoms with Crippen LogP contribution in [0.2, 0.25) is 0 Å². The van der Waals surface area contributed by atoms with Crippen molar-refractivity contribution in [3.05, 3.63) is 64.2 Å². The second-order valence-electron chi connectivity index (χ2n) is 5.45. The van der Waals surface area contributed by atoms with E-state index in [1.54, 1.807) is 18.2 Å². The summed E-state index contributed by atoms with van der Waals surface area (Å²) >= 11 is 1.02. The lowest BCUT2D eigenvalue weighted by atomic mass is 10.2. The van der Waals surface area contributed by atoms with Crippen LogP contribution in [0.1, 0.15) is 16.8 Å². The first-order valence-corrected chi connectivity index (χ1v) is 8.36. The minimum atomic E-state index is -1.11. The highest BCUT2D eigenvalue weighted by Gasteiger charge is 2.40. The predicted octanol–water partition coefficient (Wildman–Crippen LogP) is 2.72. The molecular formula is C17H12N2O6S. The third-order valence-corrected chi connectivity index (χ3v) is 5.07. The molecule has 0 unspecified atom stereocenters. The van der Waals surface area contributed by atoms with E-state index in [9.17, 15) is 29.6 Å². The number of thioether (sulfide) groups is 1. The Morgan fingerprint density at radius 3 is 2.42 bits per heavy atom. The number of carbonyl (C=O) groups is 3. The lowest BCUT2D eigenvalue weighted by Crippen LogP contribution is -2.31. The van der Waals surface area contributed by atoms with E-state index in [4.69, 9.17) is 0 Å². The third kappa shape index (κ3) is 3.29. The zero-order chi connectivity index (χ0) is 18.8. The van der Waals surface area contributed by atoms with Gasteiger partial charge in [0.25, 0.3) is 5.69 Å². The third-order valence-electron chi connectivity index (χ3n) is 3.81. The fourth-order valence-electron chi connectivity index (χ4n) is 2.59. The molecule has 0 aromatic heterocycles. The number of imide groups is 1. The molecule has 2 amide bonds. The first-order chi connectivity index (χ1) is 12.4. The van der Waals surface area contributed by atoms with Crippen LogP contribution in [0, 0.1) is 10.1 Å². The number of benzene rings is 2. The first kappa shape index (κ1) is 17.6. The average Bonchev–Trinajstić information content (AvgIpc) is 2.89. The molecule has 0 aliphatic carbocycles. The van der Waals surface area contributed by atoms with Gasteiger partial charge in [-0.05, 0) is 24.3 Å². The standard InChI is InChI=1S/C17H12N2O6S/c20-15-9-14(26-13-4-2-1-3-12(13)17(22)23)16(21)18(15)10-5-7-11(8-6-10)19(24)25/h1-8,14H,9H2,(H,22,23)/t14-/m1/s1. The summed E-state index contributed by atoms with van der Waals surface area (Å²) in [6.45, 7) is 0. The number of non-ortho nitro benzene ring substituents is 1. The predicted molar refractivity (Wildman–Crippen MR) is 93.3 cm³/mol. The number of carboxylic acids is 1. The van der Waals surface area contributed by atoms with Gasteiger partial charge in [-0.25, -0.2) is 9.69 Å². The number of anilines is 1. The van der Waals surface area contributed by atoms with Crippen LogP contribution in [0.5, 0.6) is 0 Å². The van der Waals surface area contributed by atoms with Crippen LogP contribution in [0.4, 0.5) is 11.4 Å². The number of nitro benzene ring substituents is 1. The van der Waals surface area contributed by atoms with Gasteiger partial charge >= 0.3 is 5.97 Å². The van der Waals surface area contributed by atoms with Crippen LogP contribution in [-0.2, 0) is 9.59 Å². The number of amides is 2. The summed E-state index contributed by atoms with van der Waals surface area (Å²) in [4.78, 5) is 47.7. The number of hydrogen-bond acceptors (Lipinski definition) is 6. The molecule has 1 heterocycles. The van der Waals surface area contributed by atoms with Gasteiger partial charge in [0.2, 0.25) is 11.8 Å². The minimum Gasteiger partial charge on any atom is -0.478 e. The molecule has 2 aromatic carbocycles. The van der Waals surface area contributed by atoms with E-state index in [0.29, 0.717) is 4.90 Å². The van der Waals surface area contributed by atoms with E-state index < -0.39 is 28.0 Å². The van der Waals surface area contributed by atoms with E-state index in [1.807, 2.05) is 0 Å². The topological polar surface area (TPSA) is 118 Å². The second-order valence-corrected chi connectivity index (χ2v) is 6.70. The summed E-state index contributed by atoms with van der Waals surface area (Å²) in [6, 6.07) is 11.4. The summed E-state index contributed by atoms with van der Waals surface area (Å²) in [6.07, 6.45) is -0.0750. The molecule has 8 nitrogen and oxygen atoms in total. The number of nitro groups is 1. The van der Waals surface area contributed by atoms with Gasteiger partial charge in [0.1, 0.15) is 0 Å². The Hall–Kier alpha value is -3.20. The summed E-state index contributed by atoms with van der Waals surface area (Å²) in [5.41, 5.74) is 0.168. The van der Waals surface area contributed by atoms with Crippen molar-refractivity contribution in [2.45, 2.75) is 16.6 Å². The molecule has 2 aromatic rings. The second kappa shape index (κ2) is 6.96. The smallest absolute Gasteiger partial charge is 0.336 e. The largest absolute Gasteiger partial charge is 0.478 e. The number of hydrogen-bond donors (Lipinski definition) is 1. The fourth-order valence-corrected chi connectivity index (χ4v) is 3.77. The van der Waals surface area contributed by atoms with E-state index in [1.165, 1.54) is 30.3 Å². The average molecular weight is 372 g/mol. The zero-order valence-corrected chi connectivity index (χ0v) is 14.0. The van der Waals surface area contributed by atoms with Gasteiger partial charge in [-0.3, -0.25) is 19.7 Å². The van der Waals surface area contributed by atoms with Crippen molar-refractivity contribution >= 4 is 40.9 Å². The molecule has 9 heteroatoms. The molecule has 1 fully saturated rings. The highest BCUT2D eigenvalue weighted by Crippen LogP contribution is 2.35. The number of nitrogens with zero attached hydrogens (tertiary/aromatic N) is 2. The molecule has 1 saturated heterocycles. The van der Waals surface area contributed by atoms with Gasteiger partial charge in [-0.1, -0.05) is 12.1 Å². The van der Waals surface area contributed by atoms with Crippen LogP contribution in [0.3, 0.4) is 0 Å². The first-order valence-electron chi connectivity index (χ1n) is 7.48. The summed E-state index contributed by atoms with van der Waals surface area (Å²) in [7, 11) is 0. The van der Waals surface area contributed by atoms with Gasteiger partial charge in [0, 0.05) is 23.4 Å².